The average molecular weight is 420 g/mol. The molecule has 0 aliphatic rings. The van der Waals surface area contributed by atoms with Gasteiger partial charge in [-0.05, 0) is 61.4 Å². The van der Waals surface area contributed by atoms with E-state index < -0.39 is 11.9 Å². The maximum Gasteiger partial charge on any atom is 0.318 e. The molecule has 0 spiro atoms. The molecular formula is C24H24N2O5. The lowest BCUT2D eigenvalue weighted by molar-refractivity contribution is -0.158. The summed E-state index contributed by atoms with van der Waals surface area (Å²) in [7, 11) is 3.19. The van der Waals surface area contributed by atoms with Crippen molar-refractivity contribution in [3.05, 3.63) is 58.9 Å². The summed E-state index contributed by atoms with van der Waals surface area (Å²) in [6, 6.07) is 11.2. The van der Waals surface area contributed by atoms with E-state index in [4.69, 9.17) is 14.2 Å². The zero-order chi connectivity index (χ0) is 22.1. The minimum atomic E-state index is -0.591. The second-order valence-corrected chi connectivity index (χ2v) is 7.48. The topological polar surface area (TPSA) is 93.4 Å². The number of fused-ring (bicyclic) bond motifs is 2. The Morgan fingerprint density at radius 1 is 0.742 bits per heavy atom. The summed E-state index contributed by atoms with van der Waals surface area (Å²) >= 11 is 0. The van der Waals surface area contributed by atoms with Crippen molar-refractivity contribution in [2.45, 2.75) is 26.7 Å². The normalized spacial score (nSPS) is 11.1. The van der Waals surface area contributed by atoms with Gasteiger partial charge in [0.05, 0.1) is 27.1 Å². The van der Waals surface area contributed by atoms with Gasteiger partial charge in [-0.25, -0.2) is 0 Å². The Morgan fingerprint density at radius 2 is 1.16 bits per heavy atom. The van der Waals surface area contributed by atoms with E-state index in [0.29, 0.717) is 11.5 Å². The average Bonchev–Trinajstić information content (AvgIpc) is 3.22. The number of carbonyl (C=O) groups excluding carboxylic acids is 2. The molecule has 7 heteroatoms. The van der Waals surface area contributed by atoms with E-state index >= 15 is 0 Å². The Hall–Kier alpha value is -3.74. The molecular weight excluding hydrogens is 396 g/mol. The molecule has 2 heterocycles. The van der Waals surface area contributed by atoms with Gasteiger partial charge in [-0.15, -0.1) is 0 Å². The number of ether oxygens (including phenoxy) is 3. The number of H-pyrrole nitrogens is 2. The van der Waals surface area contributed by atoms with Crippen LogP contribution in [0, 0.1) is 13.8 Å². The highest BCUT2D eigenvalue weighted by molar-refractivity contribution is 5.95. The van der Waals surface area contributed by atoms with Gasteiger partial charge in [0.25, 0.3) is 0 Å². The van der Waals surface area contributed by atoms with Gasteiger partial charge < -0.3 is 24.2 Å². The van der Waals surface area contributed by atoms with Crippen LogP contribution < -0.4 is 9.47 Å². The summed E-state index contributed by atoms with van der Waals surface area (Å²) in [4.78, 5) is 31.6. The predicted molar refractivity (Wildman–Crippen MR) is 118 cm³/mol. The van der Waals surface area contributed by atoms with E-state index in [1.807, 2.05) is 50.2 Å². The fraction of sp³-hybridized carbons (Fsp3) is 0.250. The molecule has 0 amide bonds. The molecule has 0 aliphatic carbocycles. The lowest BCUT2D eigenvalue weighted by Crippen LogP contribution is -2.16. The minimum Gasteiger partial charge on any atom is -0.497 e. The van der Waals surface area contributed by atoms with Crippen molar-refractivity contribution >= 4 is 33.7 Å². The van der Waals surface area contributed by atoms with Gasteiger partial charge in [-0.3, -0.25) is 9.59 Å². The monoisotopic (exact) mass is 420 g/mol. The van der Waals surface area contributed by atoms with Crippen molar-refractivity contribution in [3.8, 4) is 11.5 Å². The first-order valence-electron chi connectivity index (χ1n) is 9.93. The molecule has 0 atom stereocenters. The fourth-order valence-electron chi connectivity index (χ4n) is 3.92. The van der Waals surface area contributed by atoms with E-state index in [9.17, 15) is 9.59 Å². The second-order valence-electron chi connectivity index (χ2n) is 7.48. The van der Waals surface area contributed by atoms with Gasteiger partial charge >= 0.3 is 11.9 Å². The highest BCUT2D eigenvalue weighted by Gasteiger charge is 2.19. The van der Waals surface area contributed by atoms with Crippen molar-refractivity contribution in [1.29, 1.82) is 0 Å². The lowest BCUT2D eigenvalue weighted by Gasteiger charge is -2.06. The van der Waals surface area contributed by atoms with Crippen molar-refractivity contribution in [1.82, 2.24) is 9.97 Å². The highest BCUT2D eigenvalue weighted by atomic mass is 16.6. The van der Waals surface area contributed by atoms with Crippen molar-refractivity contribution in [3.63, 3.8) is 0 Å². The van der Waals surface area contributed by atoms with Crippen LogP contribution in [0.25, 0.3) is 21.8 Å². The summed E-state index contributed by atoms with van der Waals surface area (Å²) < 4.78 is 15.7. The molecule has 0 bridgehead atoms. The van der Waals surface area contributed by atoms with Gasteiger partial charge in [0, 0.05) is 33.2 Å². The number of esters is 2. The smallest absolute Gasteiger partial charge is 0.318 e. The number of hydrogen-bond acceptors (Lipinski definition) is 5. The molecule has 2 aromatic carbocycles. The molecule has 0 saturated heterocycles. The zero-order valence-electron chi connectivity index (χ0n) is 17.9. The zero-order valence-corrected chi connectivity index (χ0v) is 17.9. The van der Waals surface area contributed by atoms with Crippen LogP contribution in [0.3, 0.4) is 0 Å². The van der Waals surface area contributed by atoms with Crippen LogP contribution in [-0.2, 0) is 27.2 Å². The van der Waals surface area contributed by atoms with E-state index in [1.165, 1.54) is 0 Å². The molecule has 0 aliphatic heterocycles. The number of hydrogen-bond donors (Lipinski definition) is 2. The molecule has 160 valence electrons. The van der Waals surface area contributed by atoms with Crippen LogP contribution in [0.2, 0.25) is 0 Å². The third kappa shape index (κ3) is 3.99. The molecule has 4 aromatic rings. The lowest BCUT2D eigenvalue weighted by atomic mass is 10.1. The maximum absolute atomic E-state index is 12.5. The molecule has 4 rings (SSSR count). The fourth-order valence-corrected chi connectivity index (χ4v) is 3.92. The quantitative estimate of drug-likeness (QED) is 0.361. The predicted octanol–water partition coefficient (Wildman–Crippen LogP) is 4.14. The number of methoxy groups -OCH3 is 2. The van der Waals surface area contributed by atoms with Gasteiger partial charge in [-0.2, -0.15) is 0 Å². The minimum absolute atomic E-state index is 0.00850. The standard InChI is InChI=1S/C24H24N2O5/c1-13-17(19-9-15(29-3)5-7-21(19)25-13)11-23(27)31-24(28)12-18-14(2)26-22-8-6-16(30-4)10-20(18)22/h5-10,25-26H,11-12H2,1-4H3. The first kappa shape index (κ1) is 20.5. The molecule has 2 N–H and O–H groups in total. The summed E-state index contributed by atoms with van der Waals surface area (Å²) in [6.45, 7) is 3.78. The van der Waals surface area contributed by atoms with Crippen molar-refractivity contribution in [2.75, 3.05) is 14.2 Å². The summed E-state index contributed by atoms with van der Waals surface area (Å²) in [5.41, 5.74) is 5.09. The Kier molecular flexibility index (Phi) is 5.42. The van der Waals surface area contributed by atoms with Gasteiger partial charge in [0.2, 0.25) is 0 Å². The van der Waals surface area contributed by atoms with E-state index in [2.05, 4.69) is 9.97 Å². The van der Waals surface area contributed by atoms with Crippen LogP contribution in [0.1, 0.15) is 22.5 Å². The Balaban J connectivity index is 1.51. The number of nitrogens with one attached hydrogen (secondary N) is 2. The number of aromatic nitrogens is 2. The van der Waals surface area contributed by atoms with Crippen LogP contribution in [-0.4, -0.2) is 36.1 Å². The number of aromatic amines is 2. The van der Waals surface area contributed by atoms with Crippen LogP contribution in [0.15, 0.2) is 36.4 Å². The molecule has 2 aromatic heterocycles. The first-order chi connectivity index (χ1) is 14.9. The number of carbonyl (C=O) groups is 2. The third-order valence-corrected chi connectivity index (χ3v) is 5.52. The maximum atomic E-state index is 12.5. The third-order valence-electron chi connectivity index (χ3n) is 5.52. The number of benzene rings is 2. The number of rotatable bonds is 6. The summed E-state index contributed by atoms with van der Waals surface area (Å²) in [6.07, 6.45) is -0.0170. The molecule has 0 saturated carbocycles. The van der Waals surface area contributed by atoms with Crippen LogP contribution >= 0.6 is 0 Å². The second kappa shape index (κ2) is 8.18. The molecule has 0 unspecified atom stereocenters. The summed E-state index contributed by atoms with van der Waals surface area (Å²) in [5.74, 6) is 0.212. The molecule has 31 heavy (non-hydrogen) atoms. The Labute approximate surface area is 179 Å². The Bertz CT molecular complexity index is 1200. The Morgan fingerprint density at radius 3 is 1.55 bits per heavy atom. The van der Waals surface area contributed by atoms with Gasteiger partial charge in [-0.1, -0.05) is 0 Å². The highest BCUT2D eigenvalue weighted by Crippen LogP contribution is 2.28. The van der Waals surface area contributed by atoms with E-state index in [1.54, 1.807) is 14.2 Å². The SMILES string of the molecule is COc1ccc2[nH]c(C)c(CC(=O)OC(=O)Cc3c(C)[nH]c4ccc(OC)cc34)c2c1. The molecule has 0 fully saturated rings. The van der Waals surface area contributed by atoms with Crippen LogP contribution in [0.4, 0.5) is 0 Å². The van der Waals surface area contributed by atoms with E-state index in [-0.39, 0.29) is 12.8 Å². The van der Waals surface area contributed by atoms with Crippen molar-refractivity contribution < 1.29 is 23.8 Å². The van der Waals surface area contributed by atoms with Crippen molar-refractivity contribution in [2.24, 2.45) is 0 Å². The molecule has 7 nitrogen and oxygen atoms in total. The number of aryl methyl sites for hydroxylation is 2. The van der Waals surface area contributed by atoms with Gasteiger partial charge in [0.15, 0.2) is 0 Å². The molecule has 0 radical (unpaired) electrons. The van der Waals surface area contributed by atoms with E-state index in [0.717, 1.165) is 44.3 Å². The van der Waals surface area contributed by atoms with Gasteiger partial charge in [0.1, 0.15) is 11.5 Å². The largest absolute Gasteiger partial charge is 0.497 e. The van der Waals surface area contributed by atoms with Crippen LogP contribution in [0.5, 0.6) is 11.5 Å². The first-order valence-corrected chi connectivity index (χ1v) is 9.93. The summed E-state index contributed by atoms with van der Waals surface area (Å²) in [5, 5.41) is 1.75.